The third-order valence-corrected chi connectivity index (χ3v) is 4.57. The molecule has 5 N–H and O–H groups in total. The predicted molar refractivity (Wildman–Crippen MR) is 114 cm³/mol. The topological polar surface area (TPSA) is 145 Å². The van der Waals surface area contributed by atoms with Gasteiger partial charge in [0.05, 0.1) is 19.6 Å². The number of nitrogens with one attached hydrogen (secondary N) is 4. The Kier molecular flexibility index (Phi) is 8.97. The highest BCUT2D eigenvalue weighted by atomic mass is 16.4. The van der Waals surface area contributed by atoms with Crippen molar-refractivity contribution < 1.29 is 24.3 Å². The number of carboxylic acids is 1. The highest BCUT2D eigenvalue weighted by molar-refractivity contribution is 5.89. The van der Waals surface area contributed by atoms with Gasteiger partial charge in [0.25, 0.3) is 0 Å². The third kappa shape index (κ3) is 7.72. The zero-order valence-electron chi connectivity index (χ0n) is 17.6. The summed E-state index contributed by atoms with van der Waals surface area (Å²) in [6.07, 6.45) is 0.182. The molecule has 11 heteroatoms. The Morgan fingerprint density at radius 1 is 0.968 bits per heavy atom. The molecule has 3 amide bonds. The van der Waals surface area contributed by atoms with Crippen LogP contribution in [0.4, 0.5) is 0 Å². The zero-order chi connectivity index (χ0) is 22.8. The van der Waals surface area contributed by atoms with Gasteiger partial charge in [-0.05, 0) is 24.6 Å². The lowest BCUT2D eigenvalue weighted by Crippen LogP contribution is -2.43. The van der Waals surface area contributed by atoms with E-state index in [9.17, 15) is 19.2 Å². The predicted octanol–water partition coefficient (Wildman–Crippen LogP) is -0.969. The van der Waals surface area contributed by atoms with Gasteiger partial charge in [-0.2, -0.15) is 0 Å². The van der Waals surface area contributed by atoms with Crippen molar-refractivity contribution in [3.8, 4) is 0 Å². The molecular formula is C20H28N6O5. The van der Waals surface area contributed by atoms with Crippen LogP contribution < -0.4 is 21.4 Å². The molecule has 0 saturated carbocycles. The maximum atomic E-state index is 12.2. The summed E-state index contributed by atoms with van der Waals surface area (Å²) in [6, 6.07) is 10.0. The third-order valence-electron chi connectivity index (χ3n) is 4.57. The first-order chi connectivity index (χ1) is 14.8. The second-order valence-electron chi connectivity index (χ2n) is 6.90. The Morgan fingerprint density at radius 2 is 1.58 bits per heavy atom. The van der Waals surface area contributed by atoms with E-state index >= 15 is 0 Å². The molecule has 0 spiro atoms. The van der Waals surface area contributed by atoms with Crippen molar-refractivity contribution in [2.45, 2.75) is 19.5 Å². The monoisotopic (exact) mass is 432 g/mol. The zero-order valence-corrected chi connectivity index (χ0v) is 17.6. The van der Waals surface area contributed by atoms with Gasteiger partial charge in [0.15, 0.2) is 0 Å². The molecule has 0 atom stereocenters. The maximum absolute atomic E-state index is 12.2. The minimum absolute atomic E-state index is 0.182. The molecule has 0 aliphatic rings. The van der Waals surface area contributed by atoms with Gasteiger partial charge in [-0.3, -0.25) is 24.6 Å². The lowest BCUT2D eigenvalue weighted by atomic mass is 10.2. The Balaban J connectivity index is 1.83. The molecule has 0 unspecified atom stereocenters. The number of amides is 3. The SMILES string of the molecule is CNN(C)Cc1cc2ccccc2n1CCC(=O)NCC(=O)NCC(=O)NCC(=O)O. The van der Waals surface area contributed by atoms with E-state index in [1.165, 1.54) is 0 Å². The van der Waals surface area contributed by atoms with Crippen LogP contribution in [0.15, 0.2) is 30.3 Å². The largest absolute Gasteiger partial charge is 0.480 e. The van der Waals surface area contributed by atoms with E-state index in [2.05, 4.69) is 32.0 Å². The average molecular weight is 432 g/mol. The highest BCUT2D eigenvalue weighted by Crippen LogP contribution is 2.21. The van der Waals surface area contributed by atoms with Crippen LogP contribution in [0.2, 0.25) is 0 Å². The summed E-state index contributed by atoms with van der Waals surface area (Å²) in [5.74, 6) is -2.64. The van der Waals surface area contributed by atoms with E-state index in [0.29, 0.717) is 13.1 Å². The number of hydrogen-bond donors (Lipinski definition) is 5. The van der Waals surface area contributed by atoms with Gasteiger partial charge >= 0.3 is 5.97 Å². The molecule has 1 heterocycles. The molecule has 31 heavy (non-hydrogen) atoms. The van der Waals surface area contributed by atoms with E-state index < -0.39 is 24.3 Å². The van der Waals surface area contributed by atoms with Gasteiger partial charge in [-0.15, -0.1) is 0 Å². The van der Waals surface area contributed by atoms with E-state index in [-0.39, 0.29) is 25.4 Å². The summed E-state index contributed by atoms with van der Waals surface area (Å²) in [6.45, 7) is -0.0529. The van der Waals surface area contributed by atoms with Crippen LogP contribution >= 0.6 is 0 Å². The lowest BCUT2D eigenvalue weighted by Gasteiger charge is -2.17. The smallest absolute Gasteiger partial charge is 0.322 e. The molecule has 1 aromatic heterocycles. The van der Waals surface area contributed by atoms with E-state index in [4.69, 9.17) is 5.11 Å². The number of fused-ring (bicyclic) bond motifs is 1. The minimum Gasteiger partial charge on any atom is -0.480 e. The molecule has 0 aliphatic heterocycles. The first kappa shape index (κ1) is 23.8. The molecule has 11 nitrogen and oxygen atoms in total. The Bertz CT molecular complexity index is 941. The number of hydrogen-bond acceptors (Lipinski definition) is 6. The quantitative estimate of drug-likeness (QED) is 0.271. The van der Waals surface area contributed by atoms with Crippen LogP contribution in [0.1, 0.15) is 12.1 Å². The Morgan fingerprint density at radius 3 is 2.23 bits per heavy atom. The normalized spacial score (nSPS) is 10.8. The average Bonchev–Trinajstić information content (AvgIpc) is 3.09. The number of carbonyl (C=O) groups is 4. The molecular weight excluding hydrogens is 404 g/mol. The minimum atomic E-state index is -1.18. The standard InChI is InChI=1S/C20H28N6O5/c1-21-25(2)13-15-9-14-5-3-4-6-16(14)26(15)8-7-17(27)22-10-18(28)23-11-19(29)24-12-20(30)31/h3-6,9,21H,7-8,10-13H2,1-2H3,(H,22,27)(H,23,28)(H,24,29)(H,30,31). The van der Waals surface area contributed by atoms with Crippen molar-refractivity contribution in [3.63, 3.8) is 0 Å². The summed E-state index contributed by atoms with van der Waals surface area (Å²) in [5, 5.41) is 18.5. The summed E-state index contributed by atoms with van der Waals surface area (Å²) >= 11 is 0. The molecule has 0 bridgehead atoms. The molecule has 0 saturated heterocycles. The molecule has 2 rings (SSSR count). The van der Waals surface area contributed by atoms with Gasteiger partial charge < -0.3 is 25.6 Å². The number of hydrazine groups is 1. The second kappa shape index (κ2) is 11.7. The van der Waals surface area contributed by atoms with E-state index in [0.717, 1.165) is 16.6 Å². The number of aliphatic carboxylic acids is 1. The summed E-state index contributed by atoms with van der Waals surface area (Å²) in [4.78, 5) is 45.7. The number of benzene rings is 1. The first-order valence-electron chi connectivity index (χ1n) is 9.77. The van der Waals surface area contributed by atoms with Crippen molar-refractivity contribution in [2.75, 3.05) is 33.7 Å². The maximum Gasteiger partial charge on any atom is 0.322 e. The number of para-hydroxylation sites is 1. The van der Waals surface area contributed by atoms with Crippen molar-refractivity contribution in [3.05, 3.63) is 36.0 Å². The number of rotatable bonds is 12. The Labute approximate surface area is 179 Å². The molecule has 1 aromatic carbocycles. The number of aryl methyl sites for hydroxylation is 1. The fourth-order valence-electron chi connectivity index (χ4n) is 2.94. The number of nitrogens with zero attached hydrogens (tertiary/aromatic N) is 2. The molecule has 168 valence electrons. The van der Waals surface area contributed by atoms with Crippen LogP contribution in [0, 0.1) is 0 Å². The van der Waals surface area contributed by atoms with Crippen LogP contribution in [-0.4, -0.2) is 72.1 Å². The lowest BCUT2D eigenvalue weighted by molar-refractivity contribution is -0.137. The molecule has 0 aliphatic carbocycles. The van der Waals surface area contributed by atoms with Crippen molar-refractivity contribution in [2.24, 2.45) is 0 Å². The van der Waals surface area contributed by atoms with Gasteiger partial charge in [0.2, 0.25) is 17.7 Å². The van der Waals surface area contributed by atoms with Gasteiger partial charge in [-0.1, -0.05) is 18.2 Å². The summed E-state index contributed by atoms with van der Waals surface area (Å²) < 4.78 is 2.08. The fraction of sp³-hybridized carbons (Fsp3) is 0.400. The highest BCUT2D eigenvalue weighted by Gasteiger charge is 2.13. The van der Waals surface area contributed by atoms with E-state index in [1.54, 1.807) is 0 Å². The van der Waals surface area contributed by atoms with Gasteiger partial charge in [0, 0.05) is 31.2 Å². The second-order valence-corrected chi connectivity index (χ2v) is 6.90. The number of carbonyl (C=O) groups excluding carboxylic acids is 3. The molecule has 0 radical (unpaired) electrons. The van der Waals surface area contributed by atoms with Gasteiger partial charge in [-0.25, -0.2) is 5.01 Å². The van der Waals surface area contributed by atoms with Crippen LogP contribution in [-0.2, 0) is 32.3 Å². The van der Waals surface area contributed by atoms with Crippen LogP contribution in [0.5, 0.6) is 0 Å². The van der Waals surface area contributed by atoms with Crippen LogP contribution in [0.25, 0.3) is 10.9 Å². The summed E-state index contributed by atoms with van der Waals surface area (Å²) in [7, 11) is 3.76. The van der Waals surface area contributed by atoms with Crippen molar-refractivity contribution >= 4 is 34.6 Å². The van der Waals surface area contributed by atoms with Crippen LogP contribution in [0.3, 0.4) is 0 Å². The van der Waals surface area contributed by atoms with E-state index in [1.807, 2.05) is 43.4 Å². The first-order valence-corrected chi connectivity index (χ1v) is 9.77. The van der Waals surface area contributed by atoms with Crippen molar-refractivity contribution in [1.29, 1.82) is 0 Å². The fourth-order valence-corrected chi connectivity index (χ4v) is 2.94. The molecule has 0 fully saturated rings. The van der Waals surface area contributed by atoms with Crippen molar-refractivity contribution in [1.82, 2.24) is 31.0 Å². The number of aromatic nitrogens is 1. The Hall–Kier alpha value is -3.44. The summed E-state index contributed by atoms with van der Waals surface area (Å²) in [5.41, 5.74) is 5.13. The molecule has 2 aromatic rings. The number of carboxylic acid groups (broad SMARTS) is 1. The van der Waals surface area contributed by atoms with Gasteiger partial charge in [0.1, 0.15) is 6.54 Å².